The fraction of sp³-hybridized carbons (Fsp3) is 0.692. The van der Waals surface area contributed by atoms with Crippen LogP contribution in [0.3, 0.4) is 0 Å². The molecule has 18 heavy (non-hydrogen) atoms. The highest BCUT2D eigenvalue weighted by Gasteiger charge is 2.28. The average Bonchev–Trinajstić information content (AvgIpc) is 3.14. The van der Waals surface area contributed by atoms with Crippen LogP contribution in [0.15, 0.2) is 10.9 Å². The van der Waals surface area contributed by atoms with E-state index in [1.54, 1.807) is 4.57 Å². The third kappa shape index (κ3) is 3.56. The predicted molar refractivity (Wildman–Crippen MR) is 71.0 cm³/mol. The van der Waals surface area contributed by atoms with E-state index in [4.69, 9.17) is 16.7 Å². The first-order valence-electron chi connectivity index (χ1n) is 6.60. The summed E-state index contributed by atoms with van der Waals surface area (Å²) in [4.78, 5) is 16.2. The Morgan fingerprint density at radius 3 is 2.72 bits per heavy atom. The van der Waals surface area contributed by atoms with Crippen LogP contribution < -0.4 is 5.56 Å². The lowest BCUT2D eigenvalue weighted by molar-refractivity contribution is 0.282. The standard InChI is InChI=1S/C13H19ClN2O2/c14-11-9-12(18)16(7-3-1-2-4-8-17)13(15-11)10-5-6-10/h9-10,17H,1-8H2. The normalized spacial score (nSPS) is 15.0. The van der Waals surface area contributed by atoms with Crippen molar-refractivity contribution in [1.82, 2.24) is 9.55 Å². The van der Waals surface area contributed by atoms with Crippen LogP contribution in [0.25, 0.3) is 0 Å². The molecule has 1 aromatic heterocycles. The summed E-state index contributed by atoms with van der Waals surface area (Å²) in [5.41, 5.74) is -0.0425. The number of hydrogen-bond donors (Lipinski definition) is 1. The average molecular weight is 271 g/mol. The highest BCUT2D eigenvalue weighted by atomic mass is 35.5. The van der Waals surface area contributed by atoms with Crippen molar-refractivity contribution in [3.05, 3.63) is 27.4 Å². The molecule has 100 valence electrons. The molecule has 1 saturated carbocycles. The number of unbranched alkanes of at least 4 members (excludes halogenated alkanes) is 3. The number of halogens is 1. The predicted octanol–water partition coefficient (Wildman–Crippen LogP) is 2.33. The Hall–Kier alpha value is -0.870. The van der Waals surface area contributed by atoms with Crippen LogP contribution in [0, 0.1) is 0 Å². The summed E-state index contributed by atoms with van der Waals surface area (Å²) in [6.45, 7) is 0.954. The van der Waals surface area contributed by atoms with Gasteiger partial charge in [0.1, 0.15) is 11.0 Å². The van der Waals surface area contributed by atoms with Crippen molar-refractivity contribution >= 4 is 11.6 Å². The Labute approximate surface area is 112 Å². The van der Waals surface area contributed by atoms with Gasteiger partial charge < -0.3 is 5.11 Å². The Morgan fingerprint density at radius 2 is 2.06 bits per heavy atom. The van der Waals surface area contributed by atoms with Gasteiger partial charge in [0.15, 0.2) is 0 Å². The molecule has 2 rings (SSSR count). The summed E-state index contributed by atoms with van der Waals surface area (Å²) >= 11 is 5.84. The summed E-state index contributed by atoms with van der Waals surface area (Å²) in [6, 6.07) is 1.39. The summed E-state index contributed by atoms with van der Waals surface area (Å²) in [7, 11) is 0. The monoisotopic (exact) mass is 270 g/mol. The first-order chi connectivity index (χ1) is 8.72. The van der Waals surface area contributed by atoms with Crippen molar-refractivity contribution in [1.29, 1.82) is 0 Å². The maximum atomic E-state index is 11.9. The van der Waals surface area contributed by atoms with E-state index in [0.29, 0.717) is 17.6 Å². The van der Waals surface area contributed by atoms with Crippen molar-refractivity contribution < 1.29 is 5.11 Å². The van der Waals surface area contributed by atoms with Crippen LogP contribution >= 0.6 is 11.6 Å². The lowest BCUT2D eigenvalue weighted by Crippen LogP contribution is -2.24. The van der Waals surface area contributed by atoms with Crippen molar-refractivity contribution in [3.8, 4) is 0 Å². The first-order valence-corrected chi connectivity index (χ1v) is 6.98. The van der Waals surface area contributed by atoms with E-state index in [-0.39, 0.29) is 12.2 Å². The largest absolute Gasteiger partial charge is 0.396 e. The van der Waals surface area contributed by atoms with Crippen LogP contribution in [0.5, 0.6) is 0 Å². The van der Waals surface area contributed by atoms with Gasteiger partial charge in [-0.05, 0) is 25.7 Å². The second-order valence-electron chi connectivity index (χ2n) is 4.84. The van der Waals surface area contributed by atoms with E-state index in [0.717, 1.165) is 44.3 Å². The summed E-state index contributed by atoms with van der Waals surface area (Å²) < 4.78 is 1.77. The molecule has 1 fully saturated rings. The van der Waals surface area contributed by atoms with Crippen LogP contribution in [0.2, 0.25) is 5.15 Å². The highest BCUT2D eigenvalue weighted by Crippen LogP contribution is 2.38. The summed E-state index contributed by atoms with van der Waals surface area (Å²) in [6.07, 6.45) is 6.03. The molecule has 4 nitrogen and oxygen atoms in total. The van der Waals surface area contributed by atoms with Crippen molar-refractivity contribution in [2.45, 2.75) is 51.0 Å². The van der Waals surface area contributed by atoms with Gasteiger partial charge in [0, 0.05) is 25.1 Å². The molecule has 0 aromatic carbocycles. The maximum absolute atomic E-state index is 11.9. The van der Waals surface area contributed by atoms with E-state index >= 15 is 0 Å². The van der Waals surface area contributed by atoms with Gasteiger partial charge in [0.05, 0.1) is 0 Å². The number of hydrogen-bond acceptors (Lipinski definition) is 3. The SMILES string of the molecule is O=c1cc(Cl)nc(C2CC2)n1CCCCCCO. The minimum absolute atomic E-state index is 0.0425. The second-order valence-corrected chi connectivity index (χ2v) is 5.23. The fourth-order valence-electron chi connectivity index (χ4n) is 2.11. The molecule has 1 aromatic rings. The van der Waals surface area contributed by atoms with E-state index in [9.17, 15) is 4.79 Å². The van der Waals surface area contributed by atoms with Gasteiger partial charge in [-0.25, -0.2) is 4.98 Å². The second kappa shape index (κ2) is 6.34. The molecular formula is C13H19ClN2O2. The van der Waals surface area contributed by atoms with Crippen LogP contribution in [-0.2, 0) is 6.54 Å². The Morgan fingerprint density at radius 1 is 1.33 bits per heavy atom. The Bertz CT molecular complexity index is 455. The number of nitrogens with zero attached hydrogens (tertiary/aromatic N) is 2. The molecule has 1 heterocycles. The van der Waals surface area contributed by atoms with E-state index in [1.807, 2.05) is 0 Å². The van der Waals surface area contributed by atoms with E-state index < -0.39 is 0 Å². The minimum Gasteiger partial charge on any atom is -0.396 e. The van der Waals surface area contributed by atoms with Crippen LogP contribution in [0.4, 0.5) is 0 Å². The summed E-state index contributed by atoms with van der Waals surface area (Å²) in [5, 5.41) is 9.01. The van der Waals surface area contributed by atoms with E-state index in [1.165, 1.54) is 6.07 Å². The third-order valence-electron chi connectivity index (χ3n) is 3.24. The molecule has 1 N–H and O–H groups in total. The number of aliphatic hydroxyl groups is 1. The molecule has 5 heteroatoms. The number of aliphatic hydroxyl groups excluding tert-OH is 1. The zero-order chi connectivity index (χ0) is 13.0. The molecule has 1 aliphatic rings. The molecule has 0 saturated heterocycles. The molecule has 0 bridgehead atoms. The number of rotatable bonds is 7. The molecule has 0 amide bonds. The number of aromatic nitrogens is 2. The Balaban J connectivity index is 2.00. The van der Waals surface area contributed by atoms with Crippen molar-refractivity contribution in [2.24, 2.45) is 0 Å². The van der Waals surface area contributed by atoms with Gasteiger partial charge in [-0.3, -0.25) is 9.36 Å². The van der Waals surface area contributed by atoms with Crippen LogP contribution in [0.1, 0.15) is 50.3 Å². The molecule has 0 radical (unpaired) electrons. The molecule has 0 spiro atoms. The first kappa shape index (κ1) is 13.6. The maximum Gasteiger partial charge on any atom is 0.254 e. The van der Waals surface area contributed by atoms with Gasteiger partial charge in [-0.2, -0.15) is 0 Å². The minimum atomic E-state index is -0.0425. The molecule has 0 unspecified atom stereocenters. The zero-order valence-electron chi connectivity index (χ0n) is 10.4. The van der Waals surface area contributed by atoms with Gasteiger partial charge in [0.2, 0.25) is 0 Å². The fourth-order valence-corrected chi connectivity index (χ4v) is 2.29. The zero-order valence-corrected chi connectivity index (χ0v) is 11.2. The Kier molecular flexibility index (Phi) is 4.78. The van der Waals surface area contributed by atoms with Gasteiger partial charge in [-0.15, -0.1) is 0 Å². The van der Waals surface area contributed by atoms with Gasteiger partial charge in [0.25, 0.3) is 5.56 Å². The van der Waals surface area contributed by atoms with Crippen LogP contribution in [-0.4, -0.2) is 21.3 Å². The van der Waals surface area contributed by atoms with E-state index in [2.05, 4.69) is 4.98 Å². The highest BCUT2D eigenvalue weighted by molar-refractivity contribution is 6.29. The molecule has 0 atom stereocenters. The molecule has 0 aliphatic heterocycles. The quantitative estimate of drug-likeness (QED) is 0.611. The molecular weight excluding hydrogens is 252 g/mol. The summed E-state index contributed by atoms with van der Waals surface area (Å²) in [5.74, 6) is 1.28. The topological polar surface area (TPSA) is 55.1 Å². The lowest BCUT2D eigenvalue weighted by Gasteiger charge is -2.11. The lowest BCUT2D eigenvalue weighted by atomic mass is 10.2. The van der Waals surface area contributed by atoms with Crippen molar-refractivity contribution in [3.63, 3.8) is 0 Å². The van der Waals surface area contributed by atoms with Crippen molar-refractivity contribution in [2.75, 3.05) is 6.61 Å². The molecule has 1 aliphatic carbocycles. The van der Waals surface area contributed by atoms with Gasteiger partial charge >= 0.3 is 0 Å². The third-order valence-corrected chi connectivity index (χ3v) is 3.43. The smallest absolute Gasteiger partial charge is 0.254 e. The van der Waals surface area contributed by atoms with Gasteiger partial charge in [-0.1, -0.05) is 24.4 Å².